The van der Waals surface area contributed by atoms with Crippen molar-refractivity contribution < 1.29 is 14.6 Å². The fraction of sp³-hybridized carbons (Fsp3) is 0.250. The first kappa shape index (κ1) is 9.27. The van der Waals surface area contributed by atoms with Crippen molar-refractivity contribution >= 4 is 16.9 Å². The van der Waals surface area contributed by atoms with E-state index in [0.717, 1.165) is 16.7 Å². The average Bonchev–Trinajstić information content (AvgIpc) is 2.65. The van der Waals surface area contributed by atoms with Gasteiger partial charge in [-0.05, 0) is 19.1 Å². The van der Waals surface area contributed by atoms with Crippen LogP contribution in [0, 0.1) is 0 Å². The minimum Gasteiger partial charge on any atom is -0.489 e. The van der Waals surface area contributed by atoms with Crippen molar-refractivity contribution in [3.63, 3.8) is 0 Å². The Morgan fingerprint density at radius 1 is 1.56 bits per heavy atom. The molecule has 0 aliphatic carbocycles. The van der Waals surface area contributed by atoms with Gasteiger partial charge in [-0.2, -0.15) is 0 Å². The molecular weight excluding hydrogens is 206 g/mol. The smallest absolute Gasteiger partial charge is 0.352 e. The van der Waals surface area contributed by atoms with Gasteiger partial charge in [-0.3, -0.25) is 0 Å². The van der Waals surface area contributed by atoms with Crippen LogP contribution < -0.4 is 4.74 Å². The number of benzene rings is 1. The summed E-state index contributed by atoms with van der Waals surface area (Å²) >= 11 is 0. The number of aromatic nitrogens is 1. The Balaban J connectivity index is 2.44. The lowest BCUT2D eigenvalue weighted by atomic mass is 10.2. The summed E-state index contributed by atoms with van der Waals surface area (Å²) in [5.41, 5.74) is 1.22. The third-order valence-corrected chi connectivity index (χ3v) is 2.96. The first-order valence-electron chi connectivity index (χ1n) is 5.18. The monoisotopic (exact) mass is 217 g/mol. The fourth-order valence-corrected chi connectivity index (χ4v) is 2.27. The molecule has 3 rings (SSSR count). The Labute approximate surface area is 92.1 Å². The van der Waals surface area contributed by atoms with Gasteiger partial charge in [-0.15, -0.1) is 0 Å². The molecule has 0 fully saturated rings. The van der Waals surface area contributed by atoms with Gasteiger partial charge in [0, 0.05) is 5.39 Å². The van der Waals surface area contributed by atoms with Crippen LogP contribution in [-0.4, -0.2) is 22.2 Å². The molecule has 0 amide bonds. The Morgan fingerprint density at radius 3 is 3.12 bits per heavy atom. The minimum atomic E-state index is -0.893. The Bertz CT molecular complexity index is 585. The second-order valence-electron chi connectivity index (χ2n) is 4.06. The molecule has 0 spiro atoms. The van der Waals surface area contributed by atoms with E-state index in [4.69, 9.17) is 9.84 Å². The molecule has 4 nitrogen and oxygen atoms in total. The van der Waals surface area contributed by atoms with Gasteiger partial charge in [0.2, 0.25) is 0 Å². The first-order valence-corrected chi connectivity index (χ1v) is 5.18. The topological polar surface area (TPSA) is 51.5 Å². The molecular formula is C12H11NO3. The van der Waals surface area contributed by atoms with Crippen LogP contribution in [0.1, 0.15) is 23.5 Å². The van der Waals surface area contributed by atoms with Crippen LogP contribution in [0.5, 0.6) is 5.75 Å². The number of carboxylic acids is 1. The molecule has 82 valence electrons. The molecule has 0 saturated heterocycles. The van der Waals surface area contributed by atoms with E-state index in [2.05, 4.69) is 0 Å². The van der Waals surface area contributed by atoms with E-state index in [-0.39, 0.29) is 6.04 Å². The zero-order valence-corrected chi connectivity index (χ0v) is 8.80. The third kappa shape index (κ3) is 1.07. The van der Waals surface area contributed by atoms with Gasteiger partial charge < -0.3 is 14.4 Å². The number of hydrogen-bond acceptors (Lipinski definition) is 2. The SMILES string of the molecule is CC1COc2cccc3cc(C(=O)O)n1c23. The maximum atomic E-state index is 11.2. The zero-order valence-electron chi connectivity index (χ0n) is 8.80. The van der Waals surface area contributed by atoms with Crippen molar-refractivity contribution in [2.24, 2.45) is 0 Å². The lowest BCUT2D eigenvalue weighted by Gasteiger charge is -2.24. The van der Waals surface area contributed by atoms with Crippen molar-refractivity contribution in [3.05, 3.63) is 30.0 Å². The number of aromatic carboxylic acids is 1. The van der Waals surface area contributed by atoms with Crippen LogP contribution in [0.2, 0.25) is 0 Å². The Morgan fingerprint density at radius 2 is 2.38 bits per heavy atom. The molecule has 1 aliphatic rings. The van der Waals surface area contributed by atoms with Crippen molar-refractivity contribution in [1.29, 1.82) is 0 Å². The van der Waals surface area contributed by atoms with Gasteiger partial charge in [0.15, 0.2) is 0 Å². The van der Waals surface area contributed by atoms with E-state index in [1.807, 2.05) is 29.7 Å². The highest BCUT2D eigenvalue weighted by Gasteiger charge is 2.24. The van der Waals surface area contributed by atoms with Gasteiger partial charge in [-0.25, -0.2) is 4.79 Å². The summed E-state index contributed by atoms with van der Waals surface area (Å²) in [7, 11) is 0. The predicted octanol–water partition coefficient (Wildman–Crippen LogP) is 2.29. The second-order valence-corrected chi connectivity index (χ2v) is 4.06. The van der Waals surface area contributed by atoms with E-state index in [0.29, 0.717) is 12.3 Å². The molecule has 0 saturated carbocycles. The number of nitrogens with zero attached hydrogens (tertiary/aromatic N) is 1. The van der Waals surface area contributed by atoms with E-state index in [9.17, 15) is 4.79 Å². The molecule has 1 aliphatic heterocycles. The summed E-state index contributed by atoms with van der Waals surface area (Å²) < 4.78 is 7.43. The average molecular weight is 217 g/mol. The maximum absolute atomic E-state index is 11.2. The van der Waals surface area contributed by atoms with E-state index in [1.165, 1.54) is 0 Å². The quantitative estimate of drug-likeness (QED) is 0.797. The summed E-state index contributed by atoms with van der Waals surface area (Å²) in [5.74, 6) is -0.126. The van der Waals surface area contributed by atoms with Gasteiger partial charge >= 0.3 is 5.97 Å². The molecule has 16 heavy (non-hydrogen) atoms. The van der Waals surface area contributed by atoms with Gasteiger partial charge in [0.1, 0.15) is 18.1 Å². The first-order chi connectivity index (χ1) is 7.68. The van der Waals surface area contributed by atoms with Crippen molar-refractivity contribution in [2.75, 3.05) is 6.61 Å². The van der Waals surface area contributed by atoms with Crippen molar-refractivity contribution in [1.82, 2.24) is 4.57 Å². The van der Waals surface area contributed by atoms with Gasteiger partial charge in [0.05, 0.1) is 11.6 Å². The lowest BCUT2D eigenvalue weighted by Crippen LogP contribution is -2.22. The number of carboxylic acid groups (broad SMARTS) is 1. The van der Waals surface area contributed by atoms with Crippen LogP contribution in [0.4, 0.5) is 0 Å². The van der Waals surface area contributed by atoms with E-state index < -0.39 is 5.97 Å². The van der Waals surface area contributed by atoms with Crippen LogP contribution in [0.25, 0.3) is 10.9 Å². The number of rotatable bonds is 1. The number of carbonyl (C=O) groups is 1. The van der Waals surface area contributed by atoms with Gasteiger partial charge in [0.25, 0.3) is 0 Å². The van der Waals surface area contributed by atoms with Crippen LogP contribution in [-0.2, 0) is 0 Å². The number of para-hydroxylation sites is 1. The Kier molecular flexibility index (Phi) is 1.74. The zero-order chi connectivity index (χ0) is 11.3. The number of ether oxygens (including phenoxy) is 1. The van der Waals surface area contributed by atoms with Crippen LogP contribution in [0.15, 0.2) is 24.3 Å². The normalized spacial score (nSPS) is 18.4. The molecule has 1 N–H and O–H groups in total. The van der Waals surface area contributed by atoms with Crippen molar-refractivity contribution in [2.45, 2.75) is 13.0 Å². The van der Waals surface area contributed by atoms with E-state index in [1.54, 1.807) is 6.07 Å². The molecule has 0 radical (unpaired) electrons. The summed E-state index contributed by atoms with van der Waals surface area (Å²) in [6.45, 7) is 2.48. The standard InChI is InChI=1S/C12H11NO3/c1-7-6-16-10-4-2-3-8-5-9(12(14)15)13(7)11(8)10/h2-5,7H,6H2,1H3,(H,14,15). The molecule has 1 unspecified atom stereocenters. The molecule has 0 bridgehead atoms. The highest BCUT2D eigenvalue weighted by Crippen LogP contribution is 2.35. The molecule has 1 atom stereocenters. The van der Waals surface area contributed by atoms with Crippen molar-refractivity contribution in [3.8, 4) is 5.75 Å². The largest absolute Gasteiger partial charge is 0.489 e. The summed E-state index contributed by atoms with van der Waals surface area (Å²) in [6.07, 6.45) is 0. The predicted molar refractivity (Wildman–Crippen MR) is 59.1 cm³/mol. The summed E-state index contributed by atoms with van der Waals surface area (Å²) in [6, 6.07) is 7.41. The highest BCUT2D eigenvalue weighted by atomic mass is 16.5. The van der Waals surface area contributed by atoms with Crippen LogP contribution >= 0.6 is 0 Å². The van der Waals surface area contributed by atoms with Gasteiger partial charge in [-0.1, -0.05) is 12.1 Å². The summed E-state index contributed by atoms with van der Waals surface area (Å²) in [5, 5.41) is 10.1. The highest BCUT2D eigenvalue weighted by molar-refractivity contribution is 5.97. The van der Waals surface area contributed by atoms with Crippen LogP contribution in [0.3, 0.4) is 0 Å². The minimum absolute atomic E-state index is 0.0542. The maximum Gasteiger partial charge on any atom is 0.352 e. The summed E-state index contributed by atoms with van der Waals surface area (Å²) in [4.78, 5) is 11.2. The Hall–Kier alpha value is -1.97. The number of hydrogen-bond donors (Lipinski definition) is 1. The second kappa shape index (κ2) is 3.01. The molecule has 1 aromatic heterocycles. The third-order valence-electron chi connectivity index (χ3n) is 2.96. The molecule has 1 aromatic carbocycles. The lowest BCUT2D eigenvalue weighted by molar-refractivity contribution is 0.0680. The molecule has 2 aromatic rings. The molecule has 2 heterocycles. The molecule has 4 heteroatoms. The fourth-order valence-electron chi connectivity index (χ4n) is 2.27. The van der Waals surface area contributed by atoms with E-state index >= 15 is 0 Å².